The number of aryl methyl sites for hydroxylation is 1. The predicted molar refractivity (Wildman–Crippen MR) is 114 cm³/mol. The van der Waals surface area contributed by atoms with Crippen LogP contribution in [0.1, 0.15) is 37.3 Å². The second kappa shape index (κ2) is 6.63. The Balaban J connectivity index is 1.45. The molecular formula is C24H24N2OS. The van der Waals surface area contributed by atoms with Gasteiger partial charge in [-0.15, -0.1) is 0 Å². The van der Waals surface area contributed by atoms with Crippen molar-refractivity contribution in [3.63, 3.8) is 0 Å². The molecule has 4 heteroatoms. The maximum Gasteiger partial charge on any atom is 0.222 e. The van der Waals surface area contributed by atoms with Crippen molar-refractivity contribution in [1.82, 2.24) is 9.88 Å². The van der Waals surface area contributed by atoms with Gasteiger partial charge >= 0.3 is 0 Å². The number of likely N-dealkylation sites (N-methyl/N-ethyl adjacent to an activating group) is 1. The van der Waals surface area contributed by atoms with Gasteiger partial charge in [0.1, 0.15) is 5.03 Å². The minimum absolute atomic E-state index is 0.0701. The fraction of sp³-hybridized carbons (Fsp3) is 0.333. The summed E-state index contributed by atoms with van der Waals surface area (Å²) >= 11 is 1.73. The molecule has 2 aromatic carbocycles. The van der Waals surface area contributed by atoms with Gasteiger partial charge in [0, 0.05) is 35.2 Å². The largest absolute Gasteiger partial charge is 0.342 e. The van der Waals surface area contributed by atoms with Crippen LogP contribution in [0.15, 0.2) is 64.5 Å². The van der Waals surface area contributed by atoms with Gasteiger partial charge in [0.15, 0.2) is 0 Å². The van der Waals surface area contributed by atoms with Crippen LogP contribution in [0.25, 0.3) is 10.9 Å². The molecule has 0 radical (unpaired) electrons. The van der Waals surface area contributed by atoms with Gasteiger partial charge in [0.2, 0.25) is 5.91 Å². The highest BCUT2D eigenvalue weighted by molar-refractivity contribution is 7.99. The van der Waals surface area contributed by atoms with E-state index in [9.17, 15) is 4.79 Å². The molecular weight excluding hydrogens is 364 g/mol. The highest BCUT2D eigenvalue weighted by Crippen LogP contribution is 2.46. The lowest BCUT2D eigenvalue weighted by molar-refractivity contribution is -0.138. The van der Waals surface area contributed by atoms with Crippen molar-refractivity contribution in [2.45, 2.75) is 54.0 Å². The van der Waals surface area contributed by atoms with Gasteiger partial charge in [-0.2, -0.15) is 0 Å². The molecule has 28 heavy (non-hydrogen) atoms. The zero-order chi connectivity index (χ0) is 19.3. The van der Waals surface area contributed by atoms with E-state index in [2.05, 4.69) is 49.4 Å². The summed E-state index contributed by atoms with van der Waals surface area (Å²) in [5.41, 5.74) is 3.97. The van der Waals surface area contributed by atoms with E-state index in [1.54, 1.807) is 11.8 Å². The molecule has 2 aliphatic rings. The summed E-state index contributed by atoms with van der Waals surface area (Å²) in [6.07, 6.45) is 3.69. The minimum atomic E-state index is 0.0701. The van der Waals surface area contributed by atoms with Crippen LogP contribution in [0.4, 0.5) is 0 Å². The monoisotopic (exact) mass is 388 g/mol. The SMILES string of the molecule is CN1C(=O)CC[C@]2(C)c3ccc(Sc4ccc5ccccc5n4)cc3CC[C@@H]12. The molecule has 142 valence electrons. The zero-order valence-corrected chi connectivity index (χ0v) is 17.1. The number of pyridine rings is 1. The van der Waals surface area contributed by atoms with Crippen molar-refractivity contribution in [2.24, 2.45) is 0 Å². The van der Waals surface area contributed by atoms with Crippen LogP contribution in [-0.4, -0.2) is 28.9 Å². The average Bonchev–Trinajstić information content (AvgIpc) is 2.71. The number of nitrogens with zero attached hydrogens (tertiary/aromatic N) is 2. The first-order valence-electron chi connectivity index (χ1n) is 9.97. The van der Waals surface area contributed by atoms with Crippen molar-refractivity contribution in [3.05, 3.63) is 65.7 Å². The van der Waals surface area contributed by atoms with E-state index >= 15 is 0 Å². The van der Waals surface area contributed by atoms with E-state index in [1.165, 1.54) is 21.4 Å². The Bertz CT molecular complexity index is 1080. The number of piperidine rings is 1. The fourth-order valence-electron chi connectivity index (χ4n) is 5.05. The molecule has 1 amide bonds. The number of carbonyl (C=O) groups is 1. The van der Waals surface area contributed by atoms with Crippen molar-refractivity contribution < 1.29 is 4.79 Å². The summed E-state index contributed by atoms with van der Waals surface area (Å²) < 4.78 is 0. The molecule has 0 unspecified atom stereocenters. The second-order valence-electron chi connectivity index (χ2n) is 8.24. The molecule has 0 N–H and O–H groups in total. The van der Waals surface area contributed by atoms with Crippen LogP contribution >= 0.6 is 11.8 Å². The van der Waals surface area contributed by atoms with Crippen LogP contribution in [0, 0.1) is 0 Å². The first kappa shape index (κ1) is 17.7. The molecule has 1 saturated heterocycles. The summed E-state index contributed by atoms with van der Waals surface area (Å²) in [6.45, 7) is 2.34. The van der Waals surface area contributed by atoms with Gasteiger partial charge < -0.3 is 4.90 Å². The van der Waals surface area contributed by atoms with Crippen molar-refractivity contribution >= 4 is 28.6 Å². The highest BCUT2D eigenvalue weighted by Gasteiger charge is 2.46. The Morgan fingerprint density at radius 1 is 1.11 bits per heavy atom. The van der Waals surface area contributed by atoms with E-state index in [-0.39, 0.29) is 5.41 Å². The third-order valence-corrected chi connectivity index (χ3v) is 7.56. The zero-order valence-electron chi connectivity index (χ0n) is 16.3. The molecule has 1 fully saturated rings. The third-order valence-electron chi connectivity index (χ3n) is 6.63. The lowest BCUT2D eigenvalue weighted by atomic mass is 9.63. The van der Waals surface area contributed by atoms with Crippen molar-refractivity contribution in [1.29, 1.82) is 0 Å². The van der Waals surface area contributed by atoms with E-state index in [1.807, 2.05) is 24.1 Å². The van der Waals surface area contributed by atoms with Crippen LogP contribution < -0.4 is 0 Å². The van der Waals surface area contributed by atoms with Gasteiger partial charge in [-0.25, -0.2) is 4.98 Å². The number of carbonyl (C=O) groups excluding carboxylic acids is 1. The molecule has 3 aromatic rings. The number of para-hydroxylation sites is 1. The predicted octanol–water partition coefficient (Wildman–Crippen LogP) is 5.21. The van der Waals surface area contributed by atoms with E-state index in [0.29, 0.717) is 18.4 Å². The van der Waals surface area contributed by atoms with Gasteiger partial charge in [-0.1, -0.05) is 49.0 Å². The van der Waals surface area contributed by atoms with Gasteiger partial charge in [0.25, 0.3) is 0 Å². The summed E-state index contributed by atoms with van der Waals surface area (Å²) in [6, 6.07) is 19.7. The van der Waals surface area contributed by atoms with E-state index < -0.39 is 0 Å². The first-order chi connectivity index (χ1) is 13.5. The fourth-order valence-corrected chi connectivity index (χ4v) is 5.91. The molecule has 1 aliphatic carbocycles. The molecule has 0 bridgehead atoms. The van der Waals surface area contributed by atoms with E-state index in [0.717, 1.165) is 29.8 Å². The number of amides is 1. The van der Waals surface area contributed by atoms with Crippen molar-refractivity contribution in [2.75, 3.05) is 7.05 Å². The highest BCUT2D eigenvalue weighted by atomic mass is 32.2. The molecule has 0 saturated carbocycles. The molecule has 1 aromatic heterocycles. The summed E-state index contributed by atoms with van der Waals surface area (Å²) in [5.74, 6) is 0.292. The lowest BCUT2D eigenvalue weighted by Gasteiger charge is -2.50. The van der Waals surface area contributed by atoms with E-state index in [4.69, 9.17) is 4.98 Å². The third kappa shape index (κ3) is 2.82. The minimum Gasteiger partial charge on any atom is -0.342 e. The van der Waals surface area contributed by atoms with Crippen LogP contribution in [0.5, 0.6) is 0 Å². The average molecular weight is 389 g/mol. The molecule has 1 aliphatic heterocycles. The smallest absolute Gasteiger partial charge is 0.222 e. The number of hydrogen-bond acceptors (Lipinski definition) is 3. The Hall–Kier alpha value is -2.33. The maximum atomic E-state index is 12.2. The second-order valence-corrected chi connectivity index (χ2v) is 9.33. The number of fused-ring (bicyclic) bond motifs is 4. The van der Waals surface area contributed by atoms with Gasteiger partial charge in [-0.3, -0.25) is 4.79 Å². The number of likely N-dealkylation sites (tertiary alicyclic amines) is 1. The topological polar surface area (TPSA) is 33.2 Å². The number of rotatable bonds is 2. The van der Waals surface area contributed by atoms with Crippen molar-refractivity contribution in [3.8, 4) is 0 Å². The number of benzene rings is 2. The Morgan fingerprint density at radius 3 is 2.86 bits per heavy atom. The number of aromatic nitrogens is 1. The standard InChI is InChI=1S/C24H24N2OS/c1-24-14-13-23(27)26(2)21(24)11-7-17-15-18(9-10-19(17)24)28-22-12-8-16-5-3-4-6-20(16)25-22/h3-6,8-10,12,15,21H,7,11,13-14H2,1-2H3/t21-,24-/m1/s1. The van der Waals surface area contributed by atoms with Gasteiger partial charge in [0.05, 0.1) is 5.52 Å². The Labute approximate surface area is 170 Å². The normalized spacial score (nSPS) is 24.1. The summed E-state index contributed by atoms with van der Waals surface area (Å²) in [4.78, 5) is 20.2. The Kier molecular flexibility index (Phi) is 4.20. The molecule has 5 rings (SSSR count). The number of hydrogen-bond donors (Lipinski definition) is 0. The van der Waals surface area contributed by atoms with Crippen LogP contribution in [-0.2, 0) is 16.6 Å². The maximum absolute atomic E-state index is 12.2. The summed E-state index contributed by atoms with van der Waals surface area (Å²) in [7, 11) is 1.98. The van der Waals surface area contributed by atoms with Crippen LogP contribution in [0.2, 0.25) is 0 Å². The molecule has 0 spiro atoms. The van der Waals surface area contributed by atoms with Crippen LogP contribution in [0.3, 0.4) is 0 Å². The molecule has 2 heterocycles. The lowest BCUT2D eigenvalue weighted by Crippen LogP contribution is -2.56. The molecule has 2 atom stereocenters. The summed E-state index contributed by atoms with van der Waals surface area (Å²) in [5, 5.41) is 2.20. The first-order valence-corrected chi connectivity index (χ1v) is 10.8. The molecule has 3 nitrogen and oxygen atoms in total. The quantitative estimate of drug-likeness (QED) is 0.604. The Morgan fingerprint density at radius 2 is 1.96 bits per heavy atom. The van der Waals surface area contributed by atoms with Gasteiger partial charge in [-0.05, 0) is 54.7 Å².